The van der Waals surface area contributed by atoms with E-state index < -0.39 is 0 Å². The first-order valence-corrected chi connectivity index (χ1v) is 3.24. The Bertz CT molecular complexity index is 65.6. The fourth-order valence-electron chi connectivity index (χ4n) is 0.335. The van der Waals surface area contributed by atoms with E-state index >= 15 is 0 Å². The highest BCUT2D eigenvalue weighted by molar-refractivity contribution is 6.19. The second-order valence-corrected chi connectivity index (χ2v) is 2.25. The smallest absolute Gasteiger partial charge is 0.0698 e. The molecule has 0 bridgehead atoms. The Balaban J connectivity index is 3.22. The average molecular weight is 173 g/mol. The van der Waals surface area contributed by atoms with Gasteiger partial charge in [0.1, 0.15) is 0 Å². The fraction of sp³-hybridized carbons (Fsp3) is 1.00. The molecule has 0 aromatic heterocycles. The zero-order valence-electron chi connectivity index (χ0n) is 5.40. The molecule has 1 N–H and O–H groups in total. The first-order valence-electron chi connectivity index (χ1n) is 2.53. The lowest BCUT2D eigenvalue weighted by molar-refractivity contribution is 0.0966. The molecule has 0 rings (SSSR count). The normalized spacial score (nSPS) is 14.3. The summed E-state index contributed by atoms with van der Waals surface area (Å²) in [6, 6.07) is 0. The third-order valence-corrected chi connectivity index (χ3v) is 1.42. The summed E-state index contributed by atoms with van der Waals surface area (Å²) in [5.74, 6) is 0. The van der Waals surface area contributed by atoms with Crippen LogP contribution >= 0.6 is 23.6 Å². The maximum Gasteiger partial charge on any atom is 0.0698 e. The van der Waals surface area contributed by atoms with Gasteiger partial charge in [-0.25, -0.2) is 0 Å². The molecule has 0 aliphatic heterocycles. The van der Waals surface area contributed by atoms with E-state index in [1.165, 1.54) is 4.53 Å². The van der Waals surface area contributed by atoms with Crippen molar-refractivity contribution in [2.75, 3.05) is 13.7 Å². The topological polar surface area (TPSA) is 24.5 Å². The van der Waals surface area contributed by atoms with Gasteiger partial charge in [-0.1, -0.05) is 0 Å². The lowest BCUT2D eigenvalue weighted by atomic mass is 10.4. The monoisotopic (exact) mass is 172 g/mol. The Morgan fingerprint density at radius 2 is 2.33 bits per heavy atom. The van der Waals surface area contributed by atoms with Gasteiger partial charge < -0.3 is 4.74 Å². The number of hydrazine groups is 1. The minimum atomic E-state index is 0.0775. The molecule has 0 fully saturated rings. The van der Waals surface area contributed by atoms with E-state index in [-0.39, 0.29) is 6.10 Å². The van der Waals surface area contributed by atoms with Crippen LogP contribution in [0.15, 0.2) is 0 Å². The van der Waals surface area contributed by atoms with Crippen LogP contribution in [0.5, 0.6) is 0 Å². The van der Waals surface area contributed by atoms with Crippen molar-refractivity contribution in [3.63, 3.8) is 0 Å². The van der Waals surface area contributed by atoms with E-state index in [2.05, 4.69) is 4.94 Å². The number of nitrogens with one attached hydrogen (secondary N) is 1. The van der Waals surface area contributed by atoms with Crippen molar-refractivity contribution in [1.82, 2.24) is 9.47 Å². The molecule has 0 aromatic carbocycles. The molecule has 56 valence electrons. The Morgan fingerprint density at radius 1 is 1.78 bits per heavy atom. The molecule has 0 radical (unpaired) electrons. The van der Waals surface area contributed by atoms with E-state index in [4.69, 9.17) is 28.3 Å². The molecule has 0 heterocycles. The summed E-state index contributed by atoms with van der Waals surface area (Å²) in [4.78, 5) is 2.22. The zero-order valence-corrected chi connectivity index (χ0v) is 6.91. The molecule has 0 spiro atoms. The lowest BCUT2D eigenvalue weighted by Gasteiger charge is -2.14. The fourth-order valence-corrected chi connectivity index (χ4v) is 0.598. The lowest BCUT2D eigenvalue weighted by Crippen LogP contribution is -2.29. The third kappa shape index (κ3) is 4.93. The van der Waals surface area contributed by atoms with Gasteiger partial charge in [0.15, 0.2) is 0 Å². The number of rotatable bonds is 4. The zero-order chi connectivity index (χ0) is 7.28. The van der Waals surface area contributed by atoms with Crippen LogP contribution in [0.1, 0.15) is 6.92 Å². The molecule has 0 aromatic rings. The number of hydrogen-bond acceptors (Lipinski definition) is 3. The number of ether oxygens (including phenoxy) is 1. The SMILES string of the molecule is COC(C)CN(Cl)NCl. The van der Waals surface area contributed by atoms with Crippen molar-refractivity contribution >= 4 is 23.6 Å². The van der Waals surface area contributed by atoms with Gasteiger partial charge in [0.25, 0.3) is 0 Å². The number of hydrogen-bond donors (Lipinski definition) is 1. The molecular weight excluding hydrogens is 163 g/mol. The highest BCUT2D eigenvalue weighted by Crippen LogP contribution is 1.95. The van der Waals surface area contributed by atoms with Crippen LogP contribution in [0.2, 0.25) is 0 Å². The Morgan fingerprint density at radius 3 is 2.67 bits per heavy atom. The summed E-state index contributed by atoms with van der Waals surface area (Å²) in [5, 5.41) is 0. The first kappa shape index (κ1) is 9.46. The summed E-state index contributed by atoms with van der Waals surface area (Å²) in [6.45, 7) is 2.44. The molecule has 0 saturated heterocycles. The van der Waals surface area contributed by atoms with Crippen LogP contribution in [0.25, 0.3) is 0 Å². The minimum absolute atomic E-state index is 0.0775. The van der Waals surface area contributed by atoms with Gasteiger partial charge in [0.05, 0.1) is 12.6 Å². The van der Waals surface area contributed by atoms with E-state index in [9.17, 15) is 0 Å². The Kier molecular flexibility index (Phi) is 5.53. The standard InChI is InChI=1S/C4H10Cl2N2O/c1-4(9-2)3-8(6)7-5/h4,7H,3H2,1-2H3. The summed E-state index contributed by atoms with van der Waals surface area (Å²) in [5.41, 5.74) is 0. The van der Waals surface area contributed by atoms with Gasteiger partial charge in [-0.2, -0.15) is 4.94 Å². The van der Waals surface area contributed by atoms with Crippen molar-refractivity contribution in [2.24, 2.45) is 0 Å². The molecule has 5 heteroatoms. The van der Waals surface area contributed by atoms with Gasteiger partial charge in [-0.3, -0.25) is 0 Å². The summed E-state index contributed by atoms with van der Waals surface area (Å²) in [6.07, 6.45) is 0.0775. The Labute approximate surface area is 65.1 Å². The molecule has 0 aliphatic carbocycles. The molecule has 1 atom stereocenters. The van der Waals surface area contributed by atoms with Crippen LogP contribution in [-0.2, 0) is 4.74 Å². The quantitative estimate of drug-likeness (QED) is 0.509. The second-order valence-electron chi connectivity index (χ2n) is 1.68. The molecule has 0 amide bonds. The van der Waals surface area contributed by atoms with Gasteiger partial charge >= 0.3 is 0 Å². The minimum Gasteiger partial charge on any atom is -0.380 e. The van der Waals surface area contributed by atoms with E-state index in [0.717, 1.165) is 0 Å². The summed E-state index contributed by atoms with van der Waals surface area (Å²) >= 11 is 10.6. The van der Waals surface area contributed by atoms with E-state index in [1.54, 1.807) is 7.11 Å². The van der Waals surface area contributed by atoms with E-state index in [1.807, 2.05) is 6.92 Å². The van der Waals surface area contributed by atoms with Crippen LogP contribution in [-0.4, -0.2) is 24.3 Å². The van der Waals surface area contributed by atoms with Crippen molar-refractivity contribution in [3.8, 4) is 0 Å². The third-order valence-electron chi connectivity index (χ3n) is 0.911. The predicted molar refractivity (Wildman–Crippen MR) is 38.0 cm³/mol. The molecule has 0 aliphatic rings. The maximum absolute atomic E-state index is 5.45. The van der Waals surface area contributed by atoms with Crippen LogP contribution in [0.4, 0.5) is 0 Å². The van der Waals surface area contributed by atoms with Crippen molar-refractivity contribution < 1.29 is 4.74 Å². The van der Waals surface area contributed by atoms with Gasteiger partial charge in [0.2, 0.25) is 0 Å². The summed E-state index contributed by atoms with van der Waals surface area (Å²) in [7, 11) is 1.61. The highest BCUT2D eigenvalue weighted by Gasteiger charge is 2.03. The molecule has 3 nitrogen and oxygen atoms in total. The van der Waals surface area contributed by atoms with Gasteiger partial charge in [-0.15, -0.1) is 4.53 Å². The largest absolute Gasteiger partial charge is 0.380 e. The second kappa shape index (κ2) is 5.26. The van der Waals surface area contributed by atoms with Crippen LogP contribution in [0.3, 0.4) is 0 Å². The van der Waals surface area contributed by atoms with Crippen LogP contribution < -0.4 is 4.94 Å². The highest BCUT2D eigenvalue weighted by atomic mass is 35.5. The van der Waals surface area contributed by atoms with Gasteiger partial charge in [0, 0.05) is 7.11 Å². The Hall–Kier alpha value is 0.460. The van der Waals surface area contributed by atoms with Crippen LogP contribution in [0, 0.1) is 0 Å². The number of methoxy groups -OCH3 is 1. The molecule has 0 saturated carbocycles. The maximum atomic E-state index is 5.45. The summed E-state index contributed by atoms with van der Waals surface area (Å²) < 4.78 is 6.12. The average Bonchev–Trinajstić information content (AvgIpc) is 1.87. The molecule has 1 unspecified atom stereocenters. The van der Waals surface area contributed by atoms with Gasteiger partial charge in [-0.05, 0) is 30.5 Å². The van der Waals surface area contributed by atoms with E-state index in [0.29, 0.717) is 6.54 Å². The molecule has 9 heavy (non-hydrogen) atoms. The van der Waals surface area contributed by atoms with Crippen molar-refractivity contribution in [1.29, 1.82) is 0 Å². The predicted octanol–water partition coefficient (Wildman–Crippen LogP) is 1.14. The number of nitrogens with zero attached hydrogens (tertiary/aromatic N) is 1. The number of halogens is 2. The van der Waals surface area contributed by atoms with Crippen molar-refractivity contribution in [3.05, 3.63) is 0 Å². The molecular formula is C4H10Cl2N2O. The first-order chi connectivity index (χ1) is 4.20. The van der Waals surface area contributed by atoms with Crippen molar-refractivity contribution in [2.45, 2.75) is 13.0 Å².